The van der Waals surface area contributed by atoms with Crippen LogP contribution in [0.5, 0.6) is 0 Å². The van der Waals surface area contributed by atoms with Crippen molar-refractivity contribution in [2.24, 2.45) is 11.7 Å². The van der Waals surface area contributed by atoms with Crippen LogP contribution in [-0.2, 0) is 0 Å². The standard InChI is InChI=1S/C12H23N/c1-9(2)10(3)7-6-8-11(4)12(5)13/h7,11-12H,1,6,8,13H2,2-5H3. The Morgan fingerprint density at radius 3 is 2.31 bits per heavy atom. The van der Waals surface area contributed by atoms with Crippen LogP contribution in [-0.4, -0.2) is 6.04 Å². The van der Waals surface area contributed by atoms with E-state index in [0.717, 1.165) is 12.0 Å². The first-order valence-electron chi connectivity index (χ1n) is 5.03. The molecule has 0 heterocycles. The Bertz CT molecular complexity index is 189. The molecule has 13 heavy (non-hydrogen) atoms. The Morgan fingerprint density at radius 2 is 1.92 bits per heavy atom. The summed E-state index contributed by atoms with van der Waals surface area (Å²) in [6, 6.07) is 0.304. The van der Waals surface area contributed by atoms with Crippen molar-refractivity contribution in [3.8, 4) is 0 Å². The third kappa shape index (κ3) is 5.64. The van der Waals surface area contributed by atoms with Crippen LogP contribution < -0.4 is 5.73 Å². The molecule has 0 fully saturated rings. The van der Waals surface area contributed by atoms with Gasteiger partial charge in [0.2, 0.25) is 0 Å². The predicted octanol–water partition coefficient (Wildman–Crippen LogP) is 3.27. The zero-order chi connectivity index (χ0) is 10.4. The molecule has 0 bridgehead atoms. The highest BCUT2D eigenvalue weighted by Crippen LogP contribution is 2.12. The molecule has 76 valence electrons. The van der Waals surface area contributed by atoms with Crippen LogP contribution in [0.2, 0.25) is 0 Å². The minimum absolute atomic E-state index is 0.304. The summed E-state index contributed by atoms with van der Waals surface area (Å²) in [6.45, 7) is 12.3. The third-order valence-corrected chi connectivity index (χ3v) is 2.64. The molecule has 0 aromatic rings. The molecule has 0 rings (SSSR count). The fourth-order valence-electron chi connectivity index (χ4n) is 1.000. The molecule has 0 saturated carbocycles. The van der Waals surface area contributed by atoms with Crippen LogP contribution in [0.4, 0.5) is 0 Å². The molecule has 1 heteroatoms. The van der Waals surface area contributed by atoms with Gasteiger partial charge in [-0.15, -0.1) is 0 Å². The average molecular weight is 181 g/mol. The topological polar surface area (TPSA) is 26.0 Å². The van der Waals surface area contributed by atoms with Crippen LogP contribution in [0, 0.1) is 5.92 Å². The molecule has 0 saturated heterocycles. The number of hydrogen-bond donors (Lipinski definition) is 1. The summed E-state index contributed by atoms with van der Waals surface area (Å²) in [5, 5.41) is 0. The highest BCUT2D eigenvalue weighted by molar-refractivity contribution is 5.23. The Labute approximate surface area is 82.7 Å². The van der Waals surface area contributed by atoms with Crippen molar-refractivity contribution in [1.29, 1.82) is 0 Å². The van der Waals surface area contributed by atoms with Gasteiger partial charge in [0.05, 0.1) is 0 Å². The lowest BCUT2D eigenvalue weighted by Gasteiger charge is -2.13. The monoisotopic (exact) mass is 181 g/mol. The lowest BCUT2D eigenvalue weighted by molar-refractivity contribution is 0.454. The van der Waals surface area contributed by atoms with Crippen LogP contribution in [0.15, 0.2) is 23.8 Å². The van der Waals surface area contributed by atoms with Crippen molar-refractivity contribution >= 4 is 0 Å². The van der Waals surface area contributed by atoms with Crippen molar-refractivity contribution in [3.05, 3.63) is 23.8 Å². The molecule has 2 atom stereocenters. The van der Waals surface area contributed by atoms with Gasteiger partial charge < -0.3 is 5.73 Å². The van der Waals surface area contributed by atoms with Gasteiger partial charge in [-0.25, -0.2) is 0 Å². The molecule has 0 aromatic carbocycles. The van der Waals surface area contributed by atoms with Crippen LogP contribution in [0.25, 0.3) is 0 Å². The van der Waals surface area contributed by atoms with Gasteiger partial charge in [-0.3, -0.25) is 0 Å². The van der Waals surface area contributed by atoms with Gasteiger partial charge in [-0.1, -0.05) is 30.7 Å². The Balaban J connectivity index is 3.79. The van der Waals surface area contributed by atoms with Crippen LogP contribution >= 0.6 is 0 Å². The first-order chi connectivity index (χ1) is 5.95. The predicted molar refractivity (Wildman–Crippen MR) is 60.6 cm³/mol. The molecule has 0 radical (unpaired) electrons. The maximum Gasteiger partial charge on any atom is 0.00362 e. The maximum atomic E-state index is 5.77. The van der Waals surface area contributed by atoms with Crippen LogP contribution in [0.3, 0.4) is 0 Å². The Kier molecular flexibility index (Phi) is 5.72. The van der Waals surface area contributed by atoms with Gasteiger partial charge in [0.15, 0.2) is 0 Å². The van der Waals surface area contributed by atoms with Gasteiger partial charge in [-0.05, 0) is 39.5 Å². The van der Waals surface area contributed by atoms with E-state index in [4.69, 9.17) is 5.73 Å². The quantitative estimate of drug-likeness (QED) is 0.647. The van der Waals surface area contributed by atoms with Crippen molar-refractivity contribution in [2.75, 3.05) is 0 Å². The zero-order valence-electron chi connectivity index (χ0n) is 9.43. The van der Waals surface area contributed by atoms with Gasteiger partial charge in [0.1, 0.15) is 0 Å². The van der Waals surface area contributed by atoms with E-state index in [-0.39, 0.29) is 0 Å². The van der Waals surface area contributed by atoms with E-state index in [2.05, 4.69) is 33.4 Å². The Morgan fingerprint density at radius 1 is 1.38 bits per heavy atom. The second-order valence-corrected chi connectivity index (χ2v) is 4.08. The van der Waals surface area contributed by atoms with E-state index in [9.17, 15) is 0 Å². The lowest BCUT2D eigenvalue weighted by atomic mass is 9.97. The van der Waals surface area contributed by atoms with Gasteiger partial charge in [0, 0.05) is 6.04 Å². The van der Waals surface area contributed by atoms with E-state index in [0.29, 0.717) is 12.0 Å². The summed E-state index contributed by atoms with van der Waals surface area (Å²) < 4.78 is 0. The van der Waals surface area contributed by atoms with E-state index in [1.807, 2.05) is 6.92 Å². The maximum absolute atomic E-state index is 5.77. The first kappa shape index (κ1) is 12.4. The third-order valence-electron chi connectivity index (χ3n) is 2.64. The summed E-state index contributed by atoms with van der Waals surface area (Å²) in [5.74, 6) is 0.606. The smallest absolute Gasteiger partial charge is 0.00362 e. The summed E-state index contributed by atoms with van der Waals surface area (Å²) in [5.41, 5.74) is 8.24. The van der Waals surface area contributed by atoms with E-state index >= 15 is 0 Å². The summed E-state index contributed by atoms with van der Waals surface area (Å²) in [6.07, 6.45) is 4.53. The number of allylic oxidation sites excluding steroid dienone is 3. The number of rotatable bonds is 5. The zero-order valence-corrected chi connectivity index (χ0v) is 9.43. The fourth-order valence-corrected chi connectivity index (χ4v) is 1.000. The molecule has 0 aliphatic rings. The highest BCUT2D eigenvalue weighted by atomic mass is 14.6. The number of hydrogen-bond acceptors (Lipinski definition) is 1. The minimum Gasteiger partial charge on any atom is -0.328 e. The summed E-state index contributed by atoms with van der Waals surface area (Å²) in [4.78, 5) is 0. The van der Waals surface area contributed by atoms with Crippen molar-refractivity contribution in [3.63, 3.8) is 0 Å². The first-order valence-corrected chi connectivity index (χ1v) is 5.03. The molecule has 0 aliphatic heterocycles. The molecule has 2 unspecified atom stereocenters. The molecule has 1 nitrogen and oxygen atoms in total. The fraction of sp³-hybridized carbons (Fsp3) is 0.667. The van der Waals surface area contributed by atoms with E-state index in [1.54, 1.807) is 0 Å². The second-order valence-electron chi connectivity index (χ2n) is 4.08. The molecule has 0 spiro atoms. The Hall–Kier alpha value is -0.560. The molecule has 0 aromatic heterocycles. The lowest BCUT2D eigenvalue weighted by Crippen LogP contribution is -2.23. The van der Waals surface area contributed by atoms with Crippen LogP contribution in [0.1, 0.15) is 40.5 Å². The number of nitrogens with two attached hydrogens (primary N) is 1. The SMILES string of the molecule is C=C(C)C(C)=CCCC(C)C(C)N. The van der Waals surface area contributed by atoms with Crippen molar-refractivity contribution in [2.45, 2.75) is 46.6 Å². The average Bonchev–Trinajstić information content (AvgIpc) is 2.03. The van der Waals surface area contributed by atoms with Gasteiger partial charge in [-0.2, -0.15) is 0 Å². The largest absolute Gasteiger partial charge is 0.328 e. The molecule has 2 N–H and O–H groups in total. The molecular weight excluding hydrogens is 158 g/mol. The van der Waals surface area contributed by atoms with Crippen molar-refractivity contribution in [1.82, 2.24) is 0 Å². The molecule has 0 aliphatic carbocycles. The van der Waals surface area contributed by atoms with Gasteiger partial charge in [0.25, 0.3) is 0 Å². The molecule has 0 amide bonds. The highest BCUT2D eigenvalue weighted by Gasteiger charge is 2.05. The summed E-state index contributed by atoms with van der Waals surface area (Å²) in [7, 11) is 0. The second kappa shape index (κ2) is 5.98. The summed E-state index contributed by atoms with van der Waals surface area (Å²) >= 11 is 0. The molecular formula is C12H23N. The van der Waals surface area contributed by atoms with E-state index < -0.39 is 0 Å². The van der Waals surface area contributed by atoms with Crippen molar-refractivity contribution < 1.29 is 0 Å². The van der Waals surface area contributed by atoms with Gasteiger partial charge >= 0.3 is 0 Å². The normalized spacial score (nSPS) is 16.8. The van der Waals surface area contributed by atoms with E-state index in [1.165, 1.54) is 12.0 Å². The minimum atomic E-state index is 0.304.